The van der Waals surface area contributed by atoms with E-state index in [0.717, 1.165) is 5.56 Å². The van der Waals surface area contributed by atoms with Gasteiger partial charge in [0.1, 0.15) is 0 Å². The Morgan fingerprint density at radius 2 is 2.15 bits per heavy atom. The molecule has 3 unspecified atom stereocenters. The van der Waals surface area contributed by atoms with Crippen LogP contribution >= 0.6 is 12.2 Å². The van der Waals surface area contributed by atoms with Gasteiger partial charge in [-0.1, -0.05) is 19.1 Å². The highest BCUT2D eigenvalue weighted by molar-refractivity contribution is 7.80. The van der Waals surface area contributed by atoms with Gasteiger partial charge in [-0.25, -0.2) is 4.39 Å². The molecule has 0 spiro atoms. The van der Waals surface area contributed by atoms with Crippen LogP contribution in [0.15, 0.2) is 18.2 Å². The van der Waals surface area contributed by atoms with Crippen LogP contribution in [0.5, 0.6) is 5.75 Å². The monoisotopic (exact) mass is 294 g/mol. The molecule has 3 rings (SSSR count). The fourth-order valence-electron chi connectivity index (χ4n) is 3.38. The van der Waals surface area contributed by atoms with Gasteiger partial charge in [0.05, 0.1) is 6.04 Å². The fraction of sp³-hybridized carbons (Fsp3) is 0.533. The van der Waals surface area contributed by atoms with Gasteiger partial charge in [-0.3, -0.25) is 0 Å². The summed E-state index contributed by atoms with van der Waals surface area (Å²) in [7, 11) is 0. The Morgan fingerprint density at radius 3 is 2.80 bits per heavy atom. The SMILES string of the molecule is CC(C)N1C(=S)NC2c3cccc(F)c3OC1(C)C2C. The zero-order valence-electron chi connectivity index (χ0n) is 12.1. The Kier molecular flexibility index (Phi) is 2.94. The minimum atomic E-state index is -0.629. The summed E-state index contributed by atoms with van der Waals surface area (Å²) in [6.45, 7) is 8.23. The van der Waals surface area contributed by atoms with E-state index in [1.54, 1.807) is 6.07 Å². The Morgan fingerprint density at radius 1 is 1.45 bits per heavy atom. The molecule has 2 aliphatic heterocycles. The summed E-state index contributed by atoms with van der Waals surface area (Å²) < 4.78 is 20.2. The van der Waals surface area contributed by atoms with Crippen LogP contribution < -0.4 is 10.1 Å². The van der Waals surface area contributed by atoms with Crippen molar-refractivity contribution in [1.82, 2.24) is 10.2 Å². The van der Waals surface area contributed by atoms with Gasteiger partial charge in [0.2, 0.25) is 0 Å². The van der Waals surface area contributed by atoms with Crippen molar-refractivity contribution in [2.24, 2.45) is 5.92 Å². The molecular weight excluding hydrogens is 275 g/mol. The maximum absolute atomic E-state index is 14.1. The highest BCUT2D eigenvalue weighted by atomic mass is 32.1. The summed E-state index contributed by atoms with van der Waals surface area (Å²) in [6.07, 6.45) is 0. The number of benzene rings is 1. The minimum Gasteiger partial charge on any atom is -0.464 e. The molecule has 1 fully saturated rings. The lowest BCUT2D eigenvalue weighted by Gasteiger charge is -2.57. The van der Waals surface area contributed by atoms with Gasteiger partial charge in [0.15, 0.2) is 22.4 Å². The van der Waals surface area contributed by atoms with Crippen LogP contribution in [0.3, 0.4) is 0 Å². The molecule has 3 atom stereocenters. The van der Waals surface area contributed by atoms with Crippen molar-refractivity contribution in [2.45, 2.75) is 45.5 Å². The van der Waals surface area contributed by atoms with Gasteiger partial charge in [0, 0.05) is 17.5 Å². The molecule has 5 heteroatoms. The number of hydrogen-bond acceptors (Lipinski definition) is 2. The molecule has 108 valence electrons. The molecule has 1 N–H and O–H groups in total. The number of thiocarbonyl (C=S) groups is 1. The molecule has 0 saturated carbocycles. The quantitative estimate of drug-likeness (QED) is 0.804. The van der Waals surface area contributed by atoms with E-state index in [2.05, 4.69) is 26.1 Å². The Labute approximate surface area is 124 Å². The molecular formula is C15H19FN2OS. The average Bonchev–Trinajstić information content (AvgIpc) is 2.34. The second-order valence-electron chi connectivity index (χ2n) is 5.99. The zero-order valence-corrected chi connectivity index (χ0v) is 12.9. The fourth-order valence-corrected chi connectivity index (χ4v) is 3.90. The Hall–Kier alpha value is -1.36. The van der Waals surface area contributed by atoms with E-state index in [0.29, 0.717) is 10.9 Å². The summed E-state index contributed by atoms with van der Waals surface area (Å²) >= 11 is 5.49. The van der Waals surface area contributed by atoms with Gasteiger partial charge >= 0.3 is 0 Å². The molecule has 20 heavy (non-hydrogen) atoms. The van der Waals surface area contributed by atoms with Gasteiger partial charge in [-0.15, -0.1) is 0 Å². The molecule has 0 amide bonds. The van der Waals surface area contributed by atoms with E-state index in [9.17, 15) is 4.39 Å². The van der Waals surface area contributed by atoms with Crippen LogP contribution in [-0.4, -0.2) is 21.8 Å². The predicted molar refractivity (Wildman–Crippen MR) is 80.0 cm³/mol. The molecule has 0 aliphatic carbocycles. The Balaban J connectivity index is 2.18. The maximum atomic E-state index is 14.1. The third-order valence-corrected chi connectivity index (χ3v) is 4.79. The number of rotatable bonds is 1. The maximum Gasteiger partial charge on any atom is 0.187 e. The van der Waals surface area contributed by atoms with Gasteiger partial charge in [-0.05, 0) is 39.1 Å². The second-order valence-corrected chi connectivity index (χ2v) is 6.38. The molecule has 0 radical (unpaired) electrons. The third kappa shape index (κ3) is 1.65. The summed E-state index contributed by atoms with van der Waals surface area (Å²) in [5, 5.41) is 4.02. The zero-order chi connectivity index (χ0) is 14.7. The van der Waals surface area contributed by atoms with Gasteiger partial charge < -0.3 is 15.0 Å². The van der Waals surface area contributed by atoms with Crippen LogP contribution in [0.2, 0.25) is 0 Å². The molecule has 1 saturated heterocycles. The normalized spacial score (nSPS) is 31.7. The van der Waals surface area contributed by atoms with Crippen LogP contribution in [-0.2, 0) is 0 Å². The summed E-state index contributed by atoms with van der Waals surface area (Å²) in [5.41, 5.74) is 0.219. The third-order valence-electron chi connectivity index (χ3n) is 4.48. The first-order valence-corrected chi connectivity index (χ1v) is 7.34. The first-order valence-electron chi connectivity index (χ1n) is 6.93. The van der Waals surface area contributed by atoms with Crippen LogP contribution in [0.1, 0.15) is 39.3 Å². The molecule has 1 aromatic rings. The van der Waals surface area contributed by atoms with Crippen molar-refractivity contribution in [3.63, 3.8) is 0 Å². The number of nitrogens with zero attached hydrogens (tertiary/aromatic N) is 1. The molecule has 3 nitrogen and oxygen atoms in total. The van der Waals surface area contributed by atoms with Crippen LogP contribution in [0.25, 0.3) is 0 Å². The number of nitrogens with one attached hydrogen (secondary N) is 1. The molecule has 0 aromatic heterocycles. The molecule has 2 bridgehead atoms. The lowest BCUT2D eigenvalue weighted by atomic mass is 9.80. The molecule has 2 heterocycles. The summed E-state index contributed by atoms with van der Waals surface area (Å²) in [4.78, 5) is 2.03. The van der Waals surface area contributed by atoms with Crippen LogP contribution in [0.4, 0.5) is 4.39 Å². The van der Waals surface area contributed by atoms with Crippen molar-refractivity contribution in [3.05, 3.63) is 29.6 Å². The number of hydrogen-bond donors (Lipinski definition) is 1. The molecule has 2 aliphatic rings. The average molecular weight is 294 g/mol. The first kappa shape index (κ1) is 13.6. The molecule has 1 aromatic carbocycles. The van der Waals surface area contributed by atoms with E-state index >= 15 is 0 Å². The van der Waals surface area contributed by atoms with E-state index in [4.69, 9.17) is 17.0 Å². The first-order chi connectivity index (χ1) is 9.36. The van der Waals surface area contributed by atoms with Crippen molar-refractivity contribution in [2.75, 3.05) is 0 Å². The van der Waals surface area contributed by atoms with E-state index < -0.39 is 5.72 Å². The largest absolute Gasteiger partial charge is 0.464 e. The smallest absolute Gasteiger partial charge is 0.187 e. The Bertz CT molecular complexity index is 577. The summed E-state index contributed by atoms with van der Waals surface area (Å²) in [5.74, 6) is 0.189. The van der Waals surface area contributed by atoms with Crippen molar-refractivity contribution >= 4 is 17.3 Å². The van der Waals surface area contributed by atoms with Crippen molar-refractivity contribution < 1.29 is 9.13 Å². The van der Waals surface area contributed by atoms with Gasteiger partial charge in [-0.2, -0.15) is 0 Å². The summed E-state index contributed by atoms with van der Waals surface area (Å²) in [6, 6.07) is 5.22. The lowest BCUT2D eigenvalue weighted by molar-refractivity contribution is -0.123. The number of fused-ring (bicyclic) bond motifs is 4. The van der Waals surface area contributed by atoms with E-state index in [1.165, 1.54) is 6.07 Å². The second kappa shape index (κ2) is 4.32. The highest BCUT2D eigenvalue weighted by Crippen LogP contribution is 2.49. The topological polar surface area (TPSA) is 24.5 Å². The minimum absolute atomic E-state index is 0.0121. The number of halogens is 1. The standard InChI is InChI=1S/C15H19FN2OS/c1-8(2)18-14(20)17-12-9(3)15(18,4)19-13-10(12)6-5-7-11(13)16/h5-9,12H,1-4H3,(H,17,20). The van der Waals surface area contributed by atoms with Crippen LogP contribution in [0, 0.1) is 11.7 Å². The van der Waals surface area contributed by atoms with Crippen molar-refractivity contribution in [3.8, 4) is 5.75 Å². The highest BCUT2D eigenvalue weighted by Gasteiger charge is 2.54. The predicted octanol–water partition coefficient (Wildman–Crippen LogP) is 3.21. The van der Waals surface area contributed by atoms with E-state index in [-0.39, 0.29) is 23.8 Å². The van der Waals surface area contributed by atoms with Crippen molar-refractivity contribution in [1.29, 1.82) is 0 Å². The number of ether oxygens (including phenoxy) is 1. The number of para-hydroxylation sites is 1. The lowest BCUT2D eigenvalue weighted by Crippen LogP contribution is -2.70. The van der Waals surface area contributed by atoms with E-state index in [1.807, 2.05) is 17.9 Å². The van der Waals surface area contributed by atoms with Gasteiger partial charge in [0.25, 0.3) is 0 Å².